The number of carboxylic acids is 1. The lowest BCUT2D eigenvalue weighted by molar-refractivity contribution is -0.139. The fourth-order valence-corrected chi connectivity index (χ4v) is 1.62. The Labute approximate surface area is 108 Å². The highest BCUT2D eigenvalue weighted by atomic mass is 16.5. The van der Waals surface area contributed by atoms with Crippen LogP contribution < -0.4 is 5.73 Å². The molecule has 2 rings (SSSR count). The molecule has 0 aliphatic carbocycles. The highest BCUT2D eigenvalue weighted by Gasteiger charge is 2.25. The zero-order valence-electron chi connectivity index (χ0n) is 9.98. The molecule has 0 radical (unpaired) electrons. The van der Waals surface area contributed by atoms with Crippen LogP contribution in [0.4, 0.5) is 0 Å². The molecule has 0 amide bonds. The number of hydrogen-bond donors (Lipinski definition) is 3. The van der Waals surface area contributed by atoms with Crippen LogP contribution in [-0.2, 0) is 4.79 Å². The van der Waals surface area contributed by atoms with Crippen molar-refractivity contribution in [1.82, 2.24) is 10.1 Å². The van der Waals surface area contributed by atoms with Crippen LogP contribution in [0.25, 0.3) is 11.4 Å². The molecule has 1 atom stereocenters. The highest BCUT2D eigenvalue weighted by Crippen LogP contribution is 2.23. The predicted octanol–water partition coefficient (Wildman–Crippen LogP) is 0.959. The summed E-state index contributed by atoms with van der Waals surface area (Å²) in [6.07, 6.45) is 0.229. The van der Waals surface area contributed by atoms with Crippen molar-refractivity contribution in [3.8, 4) is 17.1 Å². The summed E-state index contributed by atoms with van der Waals surface area (Å²) in [6, 6.07) is 6.20. The molecule has 19 heavy (non-hydrogen) atoms. The van der Waals surface area contributed by atoms with Gasteiger partial charge < -0.3 is 20.5 Å². The van der Waals surface area contributed by atoms with Gasteiger partial charge in [0.25, 0.3) is 0 Å². The standard InChI is InChI=1S/C12H13N3O4/c13-6-5-9(12(17)18)11-14-10(15-19-11)7-1-3-8(16)4-2-7/h1-4,9,16H,5-6,13H2,(H,17,18). The van der Waals surface area contributed by atoms with Gasteiger partial charge in [-0.3, -0.25) is 4.79 Å². The molecule has 4 N–H and O–H groups in total. The summed E-state index contributed by atoms with van der Waals surface area (Å²) in [6.45, 7) is 0.216. The monoisotopic (exact) mass is 263 g/mol. The van der Waals surface area contributed by atoms with Gasteiger partial charge in [-0.25, -0.2) is 0 Å². The summed E-state index contributed by atoms with van der Waals surface area (Å²) < 4.78 is 4.97. The van der Waals surface area contributed by atoms with Crippen molar-refractivity contribution in [2.45, 2.75) is 12.3 Å². The molecule has 0 bridgehead atoms. The Morgan fingerprint density at radius 3 is 2.63 bits per heavy atom. The minimum Gasteiger partial charge on any atom is -0.508 e. The van der Waals surface area contributed by atoms with Crippen molar-refractivity contribution in [3.05, 3.63) is 30.2 Å². The molecule has 7 nitrogen and oxygen atoms in total. The van der Waals surface area contributed by atoms with Crippen LogP contribution in [0.15, 0.2) is 28.8 Å². The van der Waals surface area contributed by atoms with E-state index in [2.05, 4.69) is 10.1 Å². The molecule has 1 heterocycles. The van der Waals surface area contributed by atoms with E-state index in [-0.39, 0.29) is 30.4 Å². The molecule has 7 heteroatoms. The molecular weight excluding hydrogens is 250 g/mol. The first-order valence-electron chi connectivity index (χ1n) is 5.67. The number of carbonyl (C=O) groups is 1. The first kappa shape index (κ1) is 13.0. The van der Waals surface area contributed by atoms with Crippen LogP contribution in [0.3, 0.4) is 0 Å². The largest absolute Gasteiger partial charge is 0.508 e. The van der Waals surface area contributed by atoms with Crippen molar-refractivity contribution in [3.63, 3.8) is 0 Å². The maximum absolute atomic E-state index is 11.1. The zero-order valence-corrected chi connectivity index (χ0v) is 9.98. The SMILES string of the molecule is NCCC(C(=O)O)c1nc(-c2ccc(O)cc2)no1. The number of benzene rings is 1. The van der Waals surface area contributed by atoms with Crippen molar-refractivity contribution in [2.24, 2.45) is 5.73 Å². The number of nitrogens with zero attached hydrogens (tertiary/aromatic N) is 2. The van der Waals surface area contributed by atoms with Gasteiger partial charge in [0.2, 0.25) is 11.7 Å². The molecule has 100 valence electrons. The normalized spacial score (nSPS) is 12.3. The average molecular weight is 263 g/mol. The Morgan fingerprint density at radius 1 is 1.37 bits per heavy atom. The number of rotatable bonds is 5. The van der Waals surface area contributed by atoms with E-state index in [0.717, 1.165) is 0 Å². The van der Waals surface area contributed by atoms with Gasteiger partial charge in [-0.15, -0.1) is 0 Å². The van der Waals surface area contributed by atoms with E-state index in [0.29, 0.717) is 5.56 Å². The Hall–Kier alpha value is -2.41. The van der Waals surface area contributed by atoms with Gasteiger partial charge in [-0.05, 0) is 37.2 Å². The summed E-state index contributed by atoms with van der Waals surface area (Å²) in [4.78, 5) is 15.1. The molecule has 0 saturated carbocycles. The van der Waals surface area contributed by atoms with E-state index in [1.54, 1.807) is 12.1 Å². The number of aliphatic carboxylic acids is 1. The van der Waals surface area contributed by atoms with Gasteiger partial charge in [-0.2, -0.15) is 4.98 Å². The first-order chi connectivity index (χ1) is 9.11. The molecular formula is C12H13N3O4. The van der Waals surface area contributed by atoms with Crippen LogP contribution >= 0.6 is 0 Å². The second-order valence-electron chi connectivity index (χ2n) is 3.97. The lowest BCUT2D eigenvalue weighted by Gasteiger charge is -2.04. The Kier molecular flexibility index (Phi) is 3.76. The van der Waals surface area contributed by atoms with Crippen LogP contribution in [-0.4, -0.2) is 32.9 Å². The quantitative estimate of drug-likeness (QED) is 0.734. The second kappa shape index (κ2) is 5.49. The van der Waals surface area contributed by atoms with Crippen LogP contribution in [0.5, 0.6) is 5.75 Å². The number of aromatic hydroxyl groups is 1. The van der Waals surface area contributed by atoms with E-state index in [1.807, 2.05) is 0 Å². The molecule has 0 aliphatic rings. The molecule has 0 aliphatic heterocycles. The molecule has 1 aromatic carbocycles. The zero-order chi connectivity index (χ0) is 13.8. The molecule has 0 spiro atoms. The number of carboxylic acid groups (broad SMARTS) is 1. The maximum atomic E-state index is 11.1. The van der Waals surface area contributed by atoms with Gasteiger partial charge >= 0.3 is 5.97 Å². The van der Waals surface area contributed by atoms with Crippen molar-refractivity contribution in [1.29, 1.82) is 0 Å². The molecule has 0 fully saturated rings. The van der Waals surface area contributed by atoms with Crippen LogP contribution in [0.1, 0.15) is 18.2 Å². The van der Waals surface area contributed by atoms with E-state index < -0.39 is 11.9 Å². The van der Waals surface area contributed by atoms with Crippen LogP contribution in [0, 0.1) is 0 Å². The molecule has 0 saturated heterocycles. The van der Waals surface area contributed by atoms with Crippen molar-refractivity contribution < 1.29 is 19.5 Å². The minimum atomic E-state index is -1.05. The summed E-state index contributed by atoms with van der Waals surface area (Å²) >= 11 is 0. The second-order valence-corrected chi connectivity index (χ2v) is 3.97. The summed E-state index contributed by atoms with van der Waals surface area (Å²) in [7, 11) is 0. The number of phenols is 1. The minimum absolute atomic E-state index is 0.0287. The Morgan fingerprint density at radius 2 is 2.05 bits per heavy atom. The predicted molar refractivity (Wildman–Crippen MR) is 65.4 cm³/mol. The number of aromatic nitrogens is 2. The summed E-state index contributed by atoms with van der Waals surface area (Å²) in [5, 5.41) is 22.0. The van der Waals surface area contributed by atoms with Gasteiger partial charge in [0.15, 0.2) is 0 Å². The molecule has 1 unspecified atom stereocenters. The Bertz CT molecular complexity index is 565. The third-order valence-electron chi connectivity index (χ3n) is 2.62. The lowest BCUT2D eigenvalue weighted by Crippen LogP contribution is -2.16. The summed E-state index contributed by atoms with van der Waals surface area (Å²) in [5.74, 6) is -1.52. The van der Waals surface area contributed by atoms with E-state index >= 15 is 0 Å². The van der Waals surface area contributed by atoms with E-state index in [4.69, 9.17) is 15.4 Å². The van der Waals surface area contributed by atoms with Crippen molar-refractivity contribution >= 4 is 5.97 Å². The fourth-order valence-electron chi connectivity index (χ4n) is 1.62. The lowest BCUT2D eigenvalue weighted by atomic mass is 10.1. The molecule has 1 aromatic heterocycles. The molecule has 2 aromatic rings. The topological polar surface area (TPSA) is 122 Å². The third-order valence-corrected chi connectivity index (χ3v) is 2.62. The van der Waals surface area contributed by atoms with E-state index in [9.17, 15) is 9.90 Å². The average Bonchev–Trinajstić information content (AvgIpc) is 2.85. The fraction of sp³-hybridized carbons (Fsp3) is 0.250. The van der Waals surface area contributed by atoms with Gasteiger partial charge in [0.05, 0.1) is 0 Å². The van der Waals surface area contributed by atoms with Gasteiger partial charge in [-0.1, -0.05) is 5.16 Å². The van der Waals surface area contributed by atoms with Crippen LogP contribution in [0.2, 0.25) is 0 Å². The summed E-state index contributed by atoms with van der Waals surface area (Å²) in [5.41, 5.74) is 5.99. The maximum Gasteiger partial charge on any atom is 0.316 e. The first-order valence-corrected chi connectivity index (χ1v) is 5.67. The van der Waals surface area contributed by atoms with Gasteiger partial charge in [0, 0.05) is 5.56 Å². The van der Waals surface area contributed by atoms with Gasteiger partial charge in [0.1, 0.15) is 11.7 Å². The number of nitrogens with two attached hydrogens (primary N) is 1. The number of phenolic OH excluding ortho intramolecular Hbond substituents is 1. The Balaban J connectivity index is 2.27. The smallest absolute Gasteiger partial charge is 0.316 e. The van der Waals surface area contributed by atoms with Crippen molar-refractivity contribution in [2.75, 3.05) is 6.54 Å². The third kappa shape index (κ3) is 2.89. The van der Waals surface area contributed by atoms with E-state index in [1.165, 1.54) is 12.1 Å². The number of hydrogen-bond acceptors (Lipinski definition) is 6. The highest BCUT2D eigenvalue weighted by molar-refractivity contribution is 5.74.